The van der Waals surface area contributed by atoms with E-state index in [1.54, 1.807) is 12.1 Å². The molecule has 0 aliphatic carbocycles. The molecule has 0 bridgehead atoms. The highest BCUT2D eigenvalue weighted by Crippen LogP contribution is 2.11. The number of benzene rings is 1. The van der Waals surface area contributed by atoms with Gasteiger partial charge in [0.25, 0.3) is 0 Å². The molecular formula is C20H29N5O9. The van der Waals surface area contributed by atoms with Crippen LogP contribution in [0.3, 0.4) is 0 Å². The number of rotatable bonds is 14. The van der Waals surface area contributed by atoms with Crippen molar-refractivity contribution < 1.29 is 44.4 Å². The van der Waals surface area contributed by atoms with Crippen LogP contribution in [0.25, 0.3) is 0 Å². The summed E-state index contributed by atoms with van der Waals surface area (Å²) in [5.74, 6) is -5.10. The van der Waals surface area contributed by atoms with E-state index in [4.69, 9.17) is 16.6 Å². The van der Waals surface area contributed by atoms with E-state index < -0.39 is 67.0 Å². The molecule has 4 unspecified atom stereocenters. The Kier molecular flexibility index (Phi) is 11.4. The quantitative estimate of drug-likeness (QED) is 0.124. The van der Waals surface area contributed by atoms with Gasteiger partial charge in [-0.1, -0.05) is 12.1 Å². The summed E-state index contributed by atoms with van der Waals surface area (Å²) in [5.41, 5.74) is 11.4. The molecule has 14 heteroatoms. The summed E-state index contributed by atoms with van der Waals surface area (Å²) in [6.45, 7) is -1.79. The Morgan fingerprint density at radius 1 is 0.824 bits per heavy atom. The molecule has 0 fully saturated rings. The number of hydrogen-bond acceptors (Lipinski definition) is 9. The molecule has 4 atom stereocenters. The maximum atomic E-state index is 12.4. The van der Waals surface area contributed by atoms with Crippen molar-refractivity contribution in [1.82, 2.24) is 16.0 Å². The highest BCUT2D eigenvalue weighted by molar-refractivity contribution is 5.94. The van der Waals surface area contributed by atoms with Crippen molar-refractivity contribution in [3.8, 4) is 5.75 Å². The SMILES string of the molecule is NC(=O)CCC(NC(=O)C(CO)NC(=O)C(CO)NC(=O)C(N)Cc1ccc(O)cc1)C(=O)O. The van der Waals surface area contributed by atoms with Crippen molar-refractivity contribution in [2.24, 2.45) is 11.5 Å². The Morgan fingerprint density at radius 2 is 1.29 bits per heavy atom. The fraction of sp³-hybridized carbons (Fsp3) is 0.450. The topological polar surface area (TPSA) is 254 Å². The summed E-state index contributed by atoms with van der Waals surface area (Å²) >= 11 is 0. The highest BCUT2D eigenvalue weighted by Gasteiger charge is 2.30. The normalized spacial score (nSPS) is 14.2. The van der Waals surface area contributed by atoms with Gasteiger partial charge in [0.2, 0.25) is 23.6 Å². The molecule has 14 nitrogen and oxygen atoms in total. The molecule has 4 amide bonds. The zero-order chi connectivity index (χ0) is 25.8. The van der Waals surface area contributed by atoms with E-state index in [0.29, 0.717) is 5.56 Å². The second kappa shape index (κ2) is 13.7. The molecule has 11 N–H and O–H groups in total. The van der Waals surface area contributed by atoms with Gasteiger partial charge in [0.15, 0.2) is 0 Å². The predicted octanol–water partition coefficient (Wildman–Crippen LogP) is -3.95. The van der Waals surface area contributed by atoms with Crippen LogP contribution in [0.1, 0.15) is 18.4 Å². The van der Waals surface area contributed by atoms with Crippen molar-refractivity contribution >= 4 is 29.6 Å². The fourth-order valence-electron chi connectivity index (χ4n) is 2.73. The third-order valence-corrected chi connectivity index (χ3v) is 4.65. The standard InChI is InChI=1S/C20H29N5O9/c21-12(7-10-1-3-11(28)4-2-10)17(30)24-14(8-26)19(32)25-15(9-27)18(31)23-13(20(33)34)5-6-16(22)29/h1-4,12-15,26-28H,5-9,21H2,(H2,22,29)(H,23,31)(H,24,30)(H,25,32)(H,33,34). The van der Waals surface area contributed by atoms with Crippen LogP contribution in [0.15, 0.2) is 24.3 Å². The van der Waals surface area contributed by atoms with Crippen LogP contribution in [0.4, 0.5) is 0 Å². The van der Waals surface area contributed by atoms with Gasteiger partial charge in [-0.05, 0) is 30.5 Å². The van der Waals surface area contributed by atoms with Crippen molar-refractivity contribution in [2.75, 3.05) is 13.2 Å². The monoisotopic (exact) mass is 483 g/mol. The number of phenols is 1. The average Bonchev–Trinajstić information content (AvgIpc) is 2.78. The molecule has 0 saturated heterocycles. The first-order chi connectivity index (χ1) is 16.0. The molecule has 1 rings (SSSR count). The molecule has 34 heavy (non-hydrogen) atoms. The molecule has 1 aromatic carbocycles. The number of phenolic OH excluding ortho intramolecular Hbond substituents is 1. The van der Waals surface area contributed by atoms with E-state index in [0.717, 1.165) is 0 Å². The number of carbonyl (C=O) groups excluding carboxylic acids is 4. The molecule has 0 aliphatic rings. The van der Waals surface area contributed by atoms with Gasteiger partial charge < -0.3 is 47.8 Å². The van der Waals surface area contributed by atoms with Gasteiger partial charge in [-0.2, -0.15) is 0 Å². The van der Waals surface area contributed by atoms with E-state index in [9.17, 15) is 39.3 Å². The summed E-state index contributed by atoms with van der Waals surface area (Å²) in [7, 11) is 0. The summed E-state index contributed by atoms with van der Waals surface area (Å²) in [5, 5.41) is 43.7. The summed E-state index contributed by atoms with van der Waals surface area (Å²) < 4.78 is 0. The lowest BCUT2D eigenvalue weighted by atomic mass is 10.1. The number of primary amides is 1. The van der Waals surface area contributed by atoms with E-state index in [2.05, 4.69) is 16.0 Å². The smallest absolute Gasteiger partial charge is 0.326 e. The minimum Gasteiger partial charge on any atom is -0.508 e. The van der Waals surface area contributed by atoms with Crippen LogP contribution in [0, 0.1) is 0 Å². The lowest BCUT2D eigenvalue weighted by Crippen LogP contribution is -2.59. The summed E-state index contributed by atoms with van der Waals surface area (Å²) in [4.78, 5) is 59.1. The Morgan fingerprint density at radius 3 is 1.74 bits per heavy atom. The first kappa shape index (κ1) is 28.3. The van der Waals surface area contributed by atoms with Gasteiger partial charge in [-0.3, -0.25) is 19.2 Å². The number of nitrogens with two attached hydrogens (primary N) is 2. The van der Waals surface area contributed by atoms with Gasteiger partial charge in [0, 0.05) is 6.42 Å². The highest BCUT2D eigenvalue weighted by atomic mass is 16.4. The molecule has 0 radical (unpaired) electrons. The van der Waals surface area contributed by atoms with Crippen LogP contribution in [0.5, 0.6) is 5.75 Å². The molecular weight excluding hydrogens is 454 g/mol. The Bertz CT molecular complexity index is 878. The maximum absolute atomic E-state index is 12.4. The first-order valence-corrected chi connectivity index (χ1v) is 10.2. The Hall–Kier alpha value is -3.75. The molecule has 1 aromatic rings. The molecule has 0 aliphatic heterocycles. The van der Waals surface area contributed by atoms with Gasteiger partial charge in [0.05, 0.1) is 19.3 Å². The summed E-state index contributed by atoms with van der Waals surface area (Å²) in [6.07, 6.45) is -0.567. The largest absolute Gasteiger partial charge is 0.508 e. The molecule has 0 heterocycles. The second-order valence-electron chi connectivity index (χ2n) is 7.37. The van der Waals surface area contributed by atoms with Crippen molar-refractivity contribution in [1.29, 1.82) is 0 Å². The number of hydrogen-bond donors (Lipinski definition) is 9. The van der Waals surface area contributed by atoms with E-state index in [-0.39, 0.29) is 25.0 Å². The second-order valence-corrected chi connectivity index (χ2v) is 7.37. The number of aromatic hydroxyl groups is 1. The average molecular weight is 483 g/mol. The lowest BCUT2D eigenvalue weighted by molar-refractivity contribution is -0.143. The number of carbonyl (C=O) groups is 5. The van der Waals surface area contributed by atoms with Gasteiger partial charge in [0.1, 0.15) is 23.9 Å². The number of amides is 4. The van der Waals surface area contributed by atoms with E-state index >= 15 is 0 Å². The number of carboxylic acid groups (broad SMARTS) is 1. The Labute approximate surface area is 194 Å². The Balaban J connectivity index is 2.71. The van der Waals surface area contributed by atoms with Crippen molar-refractivity contribution in [3.63, 3.8) is 0 Å². The number of aliphatic hydroxyl groups excluding tert-OH is 2. The number of nitrogens with one attached hydrogen (secondary N) is 3. The minimum absolute atomic E-state index is 0.0313. The van der Waals surface area contributed by atoms with Gasteiger partial charge >= 0.3 is 5.97 Å². The third kappa shape index (κ3) is 9.40. The van der Waals surface area contributed by atoms with Gasteiger partial charge in [-0.15, -0.1) is 0 Å². The van der Waals surface area contributed by atoms with E-state index in [1.165, 1.54) is 12.1 Å². The predicted molar refractivity (Wildman–Crippen MR) is 116 cm³/mol. The molecule has 0 aromatic heterocycles. The fourth-order valence-corrected chi connectivity index (χ4v) is 2.73. The summed E-state index contributed by atoms with van der Waals surface area (Å²) in [6, 6.07) is 0.181. The number of aliphatic hydroxyl groups is 2. The van der Waals surface area contributed by atoms with Crippen LogP contribution in [-0.2, 0) is 30.4 Å². The maximum Gasteiger partial charge on any atom is 0.326 e. The van der Waals surface area contributed by atoms with Crippen LogP contribution in [-0.4, -0.2) is 87.4 Å². The molecule has 188 valence electrons. The van der Waals surface area contributed by atoms with Crippen LogP contribution < -0.4 is 27.4 Å². The van der Waals surface area contributed by atoms with Gasteiger partial charge in [-0.25, -0.2) is 4.79 Å². The number of carboxylic acids is 1. The van der Waals surface area contributed by atoms with Crippen LogP contribution >= 0.6 is 0 Å². The van der Waals surface area contributed by atoms with Crippen LogP contribution in [0.2, 0.25) is 0 Å². The number of aliphatic carboxylic acids is 1. The first-order valence-electron chi connectivity index (χ1n) is 10.2. The van der Waals surface area contributed by atoms with E-state index in [1.807, 2.05) is 0 Å². The lowest BCUT2D eigenvalue weighted by Gasteiger charge is -2.23. The molecule has 0 spiro atoms. The molecule has 0 saturated carbocycles. The zero-order valence-corrected chi connectivity index (χ0v) is 18.1. The van der Waals surface area contributed by atoms with Crippen molar-refractivity contribution in [2.45, 2.75) is 43.4 Å². The van der Waals surface area contributed by atoms with Crippen molar-refractivity contribution in [3.05, 3.63) is 29.8 Å². The minimum atomic E-state index is -1.61. The third-order valence-electron chi connectivity index (χ3n) is 4.65. The zero-order valence-electron chi connectivity index (χ0n) is 18.1.